The number of benzene rings is 4. The van der Waals surface area contributed by atoms with Gasteiger partial charge in [0.1, 0.15) is 22.6 Å². The average molecular weight is 1560 g/mol. The molecule has 2 N–H and O–H groups in total. The lowest BCUT2D eigenvalue weighted by atomic mass is 10.1. The Balaban J connectivity index is 1.34. The molecule has 570 valence electrons. The van der Waals surface area contributed by atoms with Crippen LogP contribution in [-0.4, -0.2) is 85.9 Å². The van der Waals surface area contributed by atoms with E-state index in [0.29, 0.717) is 23.3 Å². The second-order valence-electron chi connectivity index (χ2n) is 29.1. The third kappa shape index (κ3) is 26.6. The highest BCUT2D eigenvalue weighted by atomic mass is 32.2. The average Bonchev–Trinajstić information content (AvgIpc) is 1.59. The van der Waals surface area contributed by atoms with Crippen molar-refractivity contribution in [3.63, 3.8) is 0 Å². The minimum Gasteiger partial charge on any atom is -0.324 e. The summed E-state index contributed by atoms with van der Waals surface area (Å²) in [5.41, 5.74) is 7.31. The fourth-order valence-corrected chi connectivity index (χ4v) is 23.0. The summed E-state index contributed by atoms with van der Waals surface area (Å²) in [4.78, 5) is 53.5. The summed E-state index contributed by atoms with van der Waals surface area (Å²) in [6, 6.07) is 19.6. The van der Waals surface area contributed by atoms with Crippen LogP contribution in [0.15, 0.2) is 87.7 Å². The van der Waals surface area contributed by atoms with Crippen LogP contribution in [-0.2, 0) is 0 Å². The predicted molar refractivity (Wildman–Crippen MR) is 472 cm³/mol. The predicted octanol–water partition coefficient (Wildman–Crippen LogP) is 31.4. The van der Waals surface area contributed by atoms with E-state index < -0.39 is 0 Å². The first-order chi connectivity index (χ1) is 51.3. The summed E-state index contributed by atoms with van der Waals surface area (Å²) in [6.07, 6.45) is 50.6. The molecule has 5 heterocycles. The third-order valence-corrected chi connectivity index (χ3v) is 29.8. The number of aromatic amines is 2. The van der Waals surface area contributed by atoms with E-state index in [1.807, 2.05) is 94.1 Å². The van der Waals surface area contributed by atoms with Crippen LogP contribution in [0.4, 0.5) is 0 Å². The number of H-pyrrole nitrogens is 2. The van der Waals surface area contributed by atoms with E-state index in [1.165, 1.54) is 296 Å². The Morgan fingerprint density at radius 1 is 0.192 bits per heavy atom. The molecule has 9 rings (SSSR count). The first-order valence-corrected chi connectivity index (χ1v) is 49.8. The normalized spacial score (nSPS) is 12.1. The van der Waals surface area contributed by atoms with E-state index in [2.05, 4.69) is 114 Å². The smallest absolute Gasteiger partial charge is 0.164 e. The molecule has 0 radical (unpaired) electrons. The maximum absolute atomic E-state index is 5.86. The standard InChI is InChI=1S/C88H130N8S8/c1-9-17-25-33-41-49-97-73-57-65-66(58-74(73)98-50-42-34-26-18-10-2)82-89-81(65)93-83-67-59-75(99-51-43-35-27-19-11-3)76(100-52-44-36-28-20-12-4)60-68(67)85(90-83)95-87-71-63-79(103-55-47-39-31-23-15-7)80(104-56-48-40-32-24-16-8)64-72(71)88(92-87)96-86-70-62-78(102-54-46-38-30-22-14-6)77(61-69(70)84(91-86)94-82)101-53-45-37-29-21-13-5/h57-64H,9-56H2,1-8H3,(H2,89,90,91,92,93,94,95,96). The summed E-state index contributed by atoms with van der Waals surface area (Å²) >= 11 is 16.3. The lowest BCUT2D eigenvalue weighted by Crippen LogP contribution is -1.91. The summed E-state index contributed by atoms with van der Waals surface area (Å²) in [5, 5.41) is 4.29. The van der Waals surface area contributed by atoms with Gasteiger partial charge in [-0.25, -0.2) is 29.9 Å². The Hall–Kier alpha value is -2.96. The van der Waals surface area contributed by atoms with Gasteiger partial charge in [0, 0.05) is 83.0 Å². The van der Waals surface area contributed by atoms with Crippen LogP contribution < -0.4 is 0 Å². The molecule has 4 aromatic carbocycles. The number of hydrogen-bond acceptors (Lipinski definition) is 14. The van der Waals surface area contributed by atoms with Gasteiger partial charge < -0.3 is 9.97 Å². The number of nitrogens with zero attached hydrogens (tertiary/aromatic N) is 6. The van der Waals surface area contributed by atoms with Crippen molar-refractivity contribution in [2.45, 2.75) is 351 Å². The van der Waals surface area contributed by atoms with Crippen molar-refractivity contribution in [1.29, 1.82) is 0 Å². The van der Waals surface area contributed by atoms with Gasteiger partial charge in [0.2, 0.25) is 0 Å². The van der Waals surface area contributed by atoms with Crippen molar-refractivity contribution in [3.05, 3.63) is 48.5 Å². The molecular formula is C88H130N8S8. The molecule has 0 atom stereocenters. The second kappa shape index (κ2) is 49.3. The van der Waals surface area contributed by atoms with Gasteiger partial charge in [-0.2, -0.15) is 0 Å². The molecule has 3 aromatic heterocycles. The molecule has 2 aliphatic rings. The minimum absolute atomic E-state index is 0.695. The molecule has 0 unspecified atom stereocenters. The number of rotatable bonds is 56. The van der Waals surface area contributed by atoms with Crippen LogP contribution in [0, 0.1) is 0 Å². The molecule has 0 aliphatic carbocycles. The van der Waals surface area contributed by atoms with Crippen LogP contribution in [0.25, 0.3) is 89.7 Å². The van der Waals surface area contributed by atoms with Crippen molar-refractivity contribution >= 4 is 138 Å². The maximum Gasteiger partial charge on any atom is 0.164 e. The molecule has 0 saturated carbocycles. The quantitative estimate of drug-likeness (QED) is 0.0279. The third-order valence-electron chi connectivity index (χ3n) is 20.1. The summed E-state index contributed by atoms with van der Waals surface area (Å²) in [5.74, 6) is 11.5. The number of thioether (sulfide) groups is 8. The molecule has 16 heteroatoms. The van der Waals surface area contributed by atoms with Gasteiger partial charge in [0.15, 0.2) is 23.3 Å². The highest BCUT2D eigenvalue weighted by Crippen LogP contribution is 2.48. The molecular weight excluding hydrogens is 1430 g/mol. The second-order valence-corrected chi connectivity index (χ2v) is 38.2. The van der Waals surface area contributed by atoms with Gasteiger partial charge in [-0.05, 0) is 146 Å². The zero-order valence-corrected chi connectivity index (χ0v) is 72.0. The Bertz CT molecular complexity index is 3360. The van der Waals surface area contributed by atoms with Crippen molar-refractivity contribution < 1.29 is 0 Å². The number of aromatic nitrogens is 8. The van der Waals surface area contributed by atoms with E-state index >= 15 is 0 Å². The number of nitrogens with one attached hydrogen (secondary N) is 2. The molecule has 8 bridgehead atoms. The van der Waals surface area contributed by atoms with Gasteiger partial charge in [-0.3, -0.25) is 0 Å². The Labute approximate surface area is 664 Å². The Kier molecular flexibility index (Phi) is 40.3. The Morgan fingerprint density at radius 3 is 0.510 bits per heavy atom. The maximum atomic E-state index is 5.86. The molecule has 0 saturated heterocycles. The fourth-order valence-electron chi connectivity index (χ4n) is 13.8. The molecule has 0 fully saturated rings. The van der Waals surface area contributed by atoms with E-state index in [-0.39, 0.29) is 0 Å². The van der Waals surface area contributed by atoms with Crippen LogP contribution >= 0.6 is 94.1 Å². The zero-order chi connectivity index (χ0) is 72.8. The van der Waals surface area contributed by atoms with Gasteiger partial charge in [0.25, 0.3) is 0 Å². The van der Waals surface area contributed by atoms with Crippen LogP contribution in [0.2, 0.25) is 0 Å². The first-order valence-electron chi connectivity index (χ1n) is 41.9. The lowest BCUT2D eigenvalue weighted by Gasteiger charge is -2.12. The van der Waals surface area contributed by atoms with E-state index in [1.54, 1.807) is 0 Å². The molecule has 8 nitrogen and oxygen atoms in total. The lowest BCUT2D eigenvalue weighted by molar-refractivity contribution is 0.659. The van der Waals surface area contributed by atoms with E-state index in [4.69, 9.17) is 29.9 Å². The van der Waals surface area contributed by atoms with Crippen LogP contribution in [0.5, 0.6) is 0 Å². The van der Waals surface area contributed by atoms with Crippen LogP contribution in [0.3, 0.4) is 0 Å². The monoisotopic (exact) mass is 1550 g/mol. The molecule has 104 heavy (non-hydrogen) atoms. The highest BCUT2D eigenvalue weighted by Gasteiger charge is 2.27. The van der Waals surface area contributed by atoms with Gasteiger partial charge in [0.05, 0.1) is 0 Å². The van der Waals surface area contributed by atoms with Crippen molar-refractivity contribution in [1.82, 2.24) is 39.9 Å². The van der Waals surface area contributed by atoms with Gasteiger partial charge in [-0.1, -0.05) is 261 Å². The van der Waals surface area contributed by atoms with Crippen molar-refractivity contribution in [3.8, 4) is 45.6 Å². The molecule has 0 amide bonds. The van der Waals surface area contributed by atoms with Crippen molar-refractivity contribution in [2.75, 3.05) is 46.0 Å². The van der Waals surface area contributed by atoms with Gasteiger partial charge in [-0.15, -0.1) is 94.1 Å². The number of hydrogen-bond donors (Lipinski definition) is 2. The van der Waals surface area contributed by atoms with Crippen molar-refractivity contribution in [2.24, 2.45) is 0 Å². The Morgan fingerprint density at radius 2 is 0.346 bits per heavy atom. The summed E-state index contributed by atoms with van der Waals surface area (Å²) in [7, 11) is 0. The first kappa shape index (κ1) is 85.0. The largest absolute Gasteiger partial charge is 0.324 e. The molecule has 7 aromatic rings. The van der Waals surface area contributed by atoms with Gasteiger partial charge >= 0.3 is 0 Å². The number of fused-ring (bicyclic) bond motifs is 20. The SMILES string of the molecule is CCCCCCCSc1cc2c(cc1SCCCCCCC)-c1nc-2nc2[nH]c(nc3nc(nc4[nH]c(n1)c1cc(SCCCCCCC)c(SCCCCCCC)cc41)-c1cc(SCCCCCCC)c(SCCCCCCC)cc1-3)c1cc(SCCCCCCC)c(SCCCCCCC)cc21. The van der Waals surface area contributed by atoms with Crippen LogP contribution in [0.1, 0.15) is 312 Å². The topological polar surface area (TPSA) is 109 Å². The molecule has 0 spiro atoms. The summed E-state index contributed by atoms with van der Waals surface area (Å²) in [6.45, 7) is 18.5. The number of unbranched alkanes of at least 4 members (excludes halogenated alkanes) is 32. The van der Waals surface area contributed by atoms with E-state index in [9.17, 15) is 0 Å². The zero-order valence-electron chi connectivity index (χ0n) is 65.5. The highest BCUT2D eigenvalue weighted by molar-refractivity contribution is 8.03. The molecule has 2 aliphatic heterocycles. The van der Waals surface area contributed by atoms with E-state index in [0.717, 1.165) is 112 Å². The minimum atomic E-state index is 0.695. The fraction of sp³-hybridized carbons (Fsp3) is 0.636. The summed E-state index contributed by atoms with van der Waals surface area (Å²) < 4.78 is 0.